The van der Waals surface area contributed by atoms with Crippen LogP contribution in [0.15, 0.2) is 73.1 Å². The van der Waals surface area contributed by atoms with Crippen LogP contribution in [0.4, 0.5) is 0 Å². The molecule has 0 aliphatic heterocycles. The molecule has 2 unspecified atom stereocenters. The van der Waals surface area contributed by atoms with Gasteiger partial charge >= 0.3 is 0 Å². The highest BCUT2D eigenvalue weighted by molar-refractivity contribution is 5.33. The van der Waals surface area contributed by atoms with Crippen LogP contribution in [-0.2, 0) is 18.4 Å². The Bertz CT molecular complexity index is 1070. The van der Waals surface area contributed by atoms with Crippen LogP contribution in [0.3, 0.4) is 0 Å². The number of rotatable bonds is 26. The predicted molar refractivity (Wildman–Crippen MR) is 193 cm³/mol. The smallest absolute Gasteiger partial charge is 0.112 e. The van der Waals surface area contributed by atoms with Crippen LogP contribution < -0.4 is 0 Å². The van der Waals surface area contributed by atoms with Crippen LogP contribution in [0.25, 0.3) is 0 Å². The molecule has 244 valence electrons. The van der Waals surface area contributed by atoms with Crippen LogP contribution >= 0.6 is 0 Å². The fraction of sp³-hybridized carbons (Fsp3) is 0.643. The van der Waals surface area contributed by atoms with Gasteiger partial charge in [-0.15, -0.1) is 0 Å². The molecule has 0 aliphatic rings. The Labute approximate surface area is 272 Å². The molecule has 3 aromatic rings. The largest absolute Gasteiger partial charge is 0.335 e. The number of hydrogen-bond donors (Lipinski definition) is 0. The summed E-state index contributed by atoms with van der Waals surface area (Å²) in [5, 5.41) is 0. The molecule has 0 spiro atoms. The van der Waals surface area contributed by atoms with Crippen molar-refractivity contribution in [3.05, 3.63) is 90.0 Å². The number of hydrogen-bond acceptors (Lipinski definition) is 1. The van der Waals surface area contributed by atoms with Gasteiger partial charge in [-0.25, -0.2) is 4.98 Å². The van der Waals surface area contributed by atoms with E-state index in [1.54, 1.807) is 0 Å². The molecule has 0 N–H and O–H groups in total. The van der Waals surface area contributed by atoms with Crippen molar-refractivity contribution in [2.24, 2.45) is 0 Å². The summed E-state index contributed by atoms with van der Waals surface area (Å²) >= 11 is 0. The number of unbranched alkanes of at least 4 members (excludes halogenated alkanes) is 17. The molecular formula is C42H66N2. The van der Waals surface area contributed by atoms with Crippen molar-refractivity contribution >= 4 is 0 Å². The highest BCUT2D eigenvalue weighted by Crippen LogP contribution is 2.44. The van der Waals surface area contributed by atoms with E-state index in [-0.39, 0.29) is 5.41 Å². The summed E-state index contributed by atoms with van der Waals surface area (Å²) in [5.74, 6) is 1.67. The summed E-state index contributed by atoms with van der Waals surface area (Å²) < 4.78 is 2.50. The van der Waals surface area contributed by atoms with Crippen LogP contribution in [0.2, 0.25) is 0 Å². The third-order valence-electron chi connectivity index (χ3n) is 10.0. The molecule has 0 saturated heterocycles. The zero-order chi connectivity index (χ0) is 31.1. The molecule has 1 aromatic heterocycles. The Morgan fingerprint density at radius 2 is 1.07 bits per heavy atom. The van der Waals surface area contributed by atoms with Gasteiger partial charge in [0.1, 0.15) is 5.82 Å². The molecule has 0 bridgehead atoms. The van der Waals surface area contributed by atoms with E-state index in [2.05, 4.69) is 98.4 Å². The highest BCUT2D eigenvalue weighted by atomic mass is 15.1. The third kappa shape index (κ3) is 12.9. The summed E-state index contributed by atoms with van der Waals surface area (Å²) in [5.41, 5.74) is 2.82. The lowest BCUT2D eigenvalue weighted by atomic mass is 9.66. The average molecular weight is 599 g/mol. The molecule has 2 heteroatoms. The molecule has 2 aromatic carbocycles. The Morgan fingerprint density at radius 3 is 1.59 bits per heavy atom. The normalized spacial score (nSPS) is 13.6. The summed E-state index contributed by atoms with van der Waals surface area (Å²) in [4.78, 5) is 5.06. The lowest BCUT2D eigenvalue weighted by Crippen LogP contribution is -2.35. The van der Waals surface area contributed by atoms with Gasteiger partial charge in [0.15, 0.2) is 0 Å². The van der Waals surface area contributed by atoms with Gasteiger partial charge < -0.3 is 4.57 Å². The second-order valence-electron chi connectivity index (χ2n) is 13.8. The van der Waals surface area contributed by atoms with Crippen molar-refractivity contribution < 1.29 is 0 Å². The average Bonchev–Trinajstić information content (AvgIpc) is 3.51. The SMILES string of the molecule is CCCCCCCCCCCCCCCCCCCn1ccnc1C(CCCC)C(C)(Cc1ccccc1)c1ccccc1. The fourth-order valence-corrected chi connectivity index (χ4v) is 7.23. The van der Waals surface area contributed by atoms with Crippen molar-refractivity contribution in [3.63, 3.8) is 0 Å². The maximum absolute atomic E-state index is 5.06. The summed E-state index contributed by atoms with van der Waals surface area (Å²) in [6, 6.07) is 22.3. The molecule has 0 fully saturated rings. The number of benzene rings is 2. The predicted octanol–water partition coefficient (Wildman–Crippen LogP) is 13.0. The second-order valence-corrected chi connectivity index (χ2v) is 13.8. The van der Waals surface area contributed by atoms with Crippen molar-refractivity contribution in [3.8, 4) is 0 Å². The number of aromatic nitrogens is 2. The Kier molecular flexibility index (Phi) is 18.2. The van der Waals surface area contributed by atoms with Crippen molar-refractivity contribution in [1.29, 1.82) is 0 Å². The number of aryl methyl sites for hydroxylation is 1. The van der Waals surface area contributed by atoms with Crippen molar-refractivity contribution in [2.45, 2.75) is 173 Å². The van der Waals surface area contributed by atoms with Gasteiger partial charge in [-0.3, -0.25) is 0 Å². The minimum absolute atomic E-state index is 0.0187. The minimum Gasteiger partial charge on any atom is -0.335 e. The van der Waals surface area contributed by atoms with Crippen LogP contribution in [-0.4, -0.2) is 9.55 Å². The maximum Gasteiger partial charge on any atom is 0.112 e. The standard InChI is InChI=1S/C42H66N2/c1-4-6-8-9-10-11-12-13-14-15-16-17-18-19-20-21-28-35-44-36-34-43-41(44)40(33-7-5-2)42(3,39-31-26-23-27-32-39)37-38-29-24-22-25-30-38/h22-27,29-32,34,36,40H,4-21,28,33,35,37H2,1-3H3. The maximum atomic E-state index is 5.06. The number of nitrogens with zero attached hydrogens (tertiary/aromatic N) is 2. The topological polar surface area (TPSA) is 17.8 Å². The first-order valence-electron chi connectivity index (χ1n) is 18.8. The van der Waals surface area contributed by atoms with Gasteiger partial charge in [0, 0.05) is 30.3 Å². The van der Waals surface area contributed by atoms with Gasteiger partial charge in [0.2, 0.25) is 0 Å². The van der Waals surface area contributed by atoms with Gasteiger partial charge in [0.25, 0.3) is 0 Å². The van der Waals surface area contributed by atoms with Crippen LogP contribution in [0, 0.1) is 0 Å². The lowest BCUT2D eigenvalue weighted by Gasteiger charge is -2.39. The summed E-state index contributed by atoms with van der Waals surface area (Å²) in [6.07, 6.45) is 33.0. The van der Waals surface area contributed by atoms with E-state index in [9.17, 15) is 0 Å². The van der Waals surface area contributed by atoms with Crippen LogP contribution in [0.1, 0.15) is 172 Å². The van der Waals surface area contributed by atoms with E-state index in [0.717, 1.165) is 13.0 Å². The first-order chi connectivity index (χ1) is 21.7. The molecule has 3 rings (SSSR count). The third-order valence-corrected chi connectivity index (χ3v) is 10.0. The van der Waals surface area contributed by atoms with Gasteiger partial charge in [-0.1, -0.05) is 197 Å². The van der Waals surface area contributed by atoms with E-state index >= 15 is 0 Å². The summed E-state index contributed by atoms with van der Waals surface area (Å²) in [7, 11) is 0. The van der Waals surface area contributed by atoms with Crippen molar-refractivity contribution in [2.75, 3.05) is 0 Å². The molecule has 0 radical (unpaired) electrons. The van der Waals surface area contributed by atoms with E-state index in [1.165, 1.54) is 145 Å². The second kappa shape index (κ2) is 22.2. The van der Waals surface area contributed by atoms with Gasteiger partial charge in [0.05, 0.1) is 0 Å². The minimum atomic E-state index is -0.0187. The van der Waals surface area contributed by atoms with Crippen LogP contribution in [0.5, 0.6) is 0 Å². The van der Waals surface area contributed by atoms with E-state index < -0.39 is 0 Å². The van der Waals surface area contributed by atoms with E-state index in [0.29, 0.717) is 5.92 Å². The van der Waals surface area contributed by atoms with Gasteiger partial charge in [-0.2, -0.15) is 0 Å². The Balaban J connectivity index is 1.42. The summed E-state index contributed by atoms with van der Waals surface area (Å²) in [6.45, 7) is 8.20. The molecular weight excluding hydrogens is 532 g/mol. The molecule has 0 amide bonds. The monoisotopic (exact) mass is 599 g/mol. The molecule has 0 saturated carbocycles. The van der Waals surface area contributed by atoms with E-state index in [1.807, 2.05) is 0 Å². The van der Waals surface area contributed by atoms with E-state index in [4.69, 9.17) is 4.98 Å². The Morgan fingerprint density at radius 1 is 0.591 bits per heavy atom. The molecule has 44 heavy (non-hydrogen) atoms. The number of imidazole rings is 1. The lowest BCUT2D eigenvalue weighted by molar-refractivity contribution is 0.324. The molecule has 1 heterocycles. The van der Waals surface area contributed by atoms with Crippen molar-refractivity contribution in [1.82, 2.24) is 9.55 Å². The first-order valence-corrected chi connectivity index (χ1v) is 18.8. The molecule has 2 nitrogen and oxygen atoms in total. The Hall–Kier alpha value is -2.35. The zero-order valence-corrected chi connectivity index (χ0v) is 29.0. The first kappa shape index (κ1) is 36.1. The van der Waals surface area contributed by atoms with Gasteiger partial charge in [-0.05, 0) is 30.4 Å². The quantitative estimate of drug-likeness (QED) is 0.0840. The zero-order valence-electron chi connectivity index (χ0n) is 29.0. The molecule has 0 aliphatic carbocycles. The highest BCUT2D eigenvalue weighted by Gasteiger charge is 2.39. The fourth-order valence-electron chi connectivity index (χ4n) is 7.23. The molecule has 2 atom stereocenters.